The van der Waals surface area contributed by atoms with Crippen LogP contribution in [0.2, 0.25) is 0 Å². The van der Waals surface area contributed by atoms with Crippen LogP contribution in [0.5, 0.6) is 0 Å². The number of amides is 3. The van der Waals surface area contributed by atoms with Gasteiger partial charge in [-0.05, 0) is 49.3 Å². The second-order valence-corrected chi connectivity index (χ2v) is 10.6. The van der Waals surface area contributed by atoms with Crippen molar-refractivity contribution in [1.82, 2.24) is 20.5 Å². The zero-order chi connectivity index (χ0) is 28.1. The molecule has 39 heavy (non-hydrogen) atoms. The lowest BCUT2D eigenvalue weighted by atomic mass is 9.90. The first-order valence-electron chi connectivity index (χ1n) is 12.7. The van der Waals surface area contributed by atoms with Crippen molar-refractivity contribution in [2.45, 2.75) is 56.5 Å². The maximum atomic E-state index is 14.4. The Kier molecular flexibility index (Phi) is 6.99. The number of aromatic nitrogens is 1. The normalized spacial score (nSPS) is 26.8. The van der Waals surface area contributed by atoms with Crippen LogP contribution < -0.4 is 10.6 Å². The van der Waals surface area contributed by atoms with Crippen molar-refractivity contribution in [3.63, 3.8) is 0 Å². The van der Waals surface area contributed by atoms with E-state index in [1.165, 1.54) is 0 Å². The monoisotopic (exact) mass is 551 g/mol. The van der Waals surface area contributed by atoms with Crippen LogP contribution in [-0.4, -0.2) is 58.7 Å². The average molecular weight is 552 g/mol. The molecule has 3 N–H and O–H groups in total. The summed E-state index contributed by atoms with van der Waals surface area (Å²) >= 11 is 0. The Bertz CT molecular complexity index is 1360. The number of nitriles is 1. The van der Waals surface area contributed by atoms with Gasteiger partial charge in [-0.15, -0.1) is 0 Å². The third kappa shape index (κ3) is 5.04. The van der Waals surface area contributed by atoms with Crippen LogP contribution in [0.3, 0.4) is 0 Å². The number of halogens is 5. The third-order valence-corrected chi connectivity index (χ3v) is 8.03. The van der Waals surface area contributed by atoms with Crippen LogP contribution in [0.4, 0.5) is 22.0 Å². The number of aromatic amines is 1. The van der Waals surface area contributed by atoms with Gasteiger partial charge in [0.15, 0.2) is 0 Å². The van der Waals surface area contributed by atoms with Crippen molar-refractivity contribution in [3.8, 4) is 6.07 Å². The maximum absolute atomic E-state index is 14.4. The highest BCUT2D eigenvalue weighted by Crippen LogP contribution is 2.50. The van der Waals surface area contributed by atoms with Gasteiger partial charge >= 0.3 is 0 Å². The molecular weight excluding hydrogens is 525 g/mol. The van der Waals surface area contributed by atoms with Gasteiger partial charge < -0.3 is 20.5 Å². The quantitative estimate of drug-likeness (QED) is 0.475. The van der Waals surface area contributed by atoms with E-state index in [0.29, 0.717) is 19.4 Å². The first-order valence-corrected chi connectivity index (χ1v) is 12.7. The standard InChI is InChI=1S/C26H26F5N5O3/c27-18-4-3-15(22(28)29)20-16(18)7-19(35-20)25(39)36-11-13-8-26(30,31)9-17(13)21(36)24(38)34-14(10-32)6-12-2-1-5-33-23(12)37/h3-4,7,12-14,17,21-22,35H,1-2,5-6,8-9,11H2,(H,33,37)(H,34,38)/t12-,13+,14-,17+,21+/m0/s1. The summed E-state index contributed by atoms with van der Waals surface area (Å²) in [4.78, 5) is 42.7. The minimum Gasteiger partial charge on any atom is -0.356 e. The smallest absolute Gasteiger partial charge is 0.271 e. The second-order valence-electron chi connectivity index (χ2n) is 10.6. The fraction of sp³-hybridized carbons (Fsp3) is 0.538. The third-order valence-electron chi connectivity index (χ3n) is 8.03. The van der Waals surface area contributed by atoms with Gasteiger partial charge in [-0.3, -0.25) is 14.4 Å². The molecule has 0 bridgehead atoms. The van der Waals surface area contributed by atoms with Gasteiger partial charge in [-0.1, -0.05) is 0 Å². The highest BCUT2D eigenvalue weighted by atomic mass is 19.3. The number of hydrogen-bond donors (Lipinski definition) is 3. The minimum atomic E-state index is -3.03. The number of H-pyrrole nitrogens is 1. The van der Waals surface area contributed by atoms with Crippen LogP contribution >= 0.6 is 0 Å². The molecule has 1 aromatic carbocycles. The van der Waals surface area contributed by atoms with Crippen LogP contribution in [0, 0.1) is 34.9 Å². The van der Waals surface area contributed by atoms with Crippen molar-refractivity contribution in [2.24, 2.45) is 17.8 Å². The number of benzene rings is 1. The van der Waals surface area contributed by atoms with E-state index in [9.17, 15) is 41.6 Å². The summed E-state index contributed by atoms with van der Waals surface area (Å²) in [5.41, 5.74) is -1.05. The molecule has 0 radical (unpaired) electrons. The maximum Gasteiger partial charge on any atom is 0.271 e. The topological polar surface area (TPSA) is 118 Å². The summed E-state index contributed by atoms with van der Waals surface area (Å²) in [6, 6.07) is 2.30. The van der Waals surface area contributed by atoms with Crippen LogP contribution in [0.25, 0.3) is 10.9 Å². The molecule has 3 heterocycles. The molecule has 5 rings (SSSR count). The first kappa shape index (κ1) is 26.9. The molecule has 2 saturated heterocycles. The lowest BCUT2D eigenvalue weighted by Crippen LogP contribution is -2.52. The molecule has 2 aliphatic heterocycles. The number of hydrogen-bond acceptors (Lipinski definition) is 4. The summed E-state index contributed by atoms with van der Waals surface area (Å²) in [7, 11) is 0. The fourth-order valence-corrected chi connectivity index (χ4v) is 6.25. The Morgan fingerprint density at radius 3 is 2.72 bits per heavy atom. The summed E-state index contributed by atoms with van der Waals surface area (Å²) in [5.74, 6) is -7.86. The van der Waals surface area contributed by atoms with Crippen LogP contribution in [0.15, 0.2) is 18.2 Å². The Morgan fingerprint density at radius 1 is 1.26 bits per heavy atom. The van der Waals surface area contributed by atoms with Crippen molar-refractivity contribution in [3.05, 3.63) is 35.3 Å². The van der Waals surface area contributed by atoms with Crippen molar-refractivity contribution in [1.29, 1.82) is 5.26 Å². The van der Waals surface area contributed by atoms with E-state index in [4.69, 9.17) is 0 Å². The van der Waals surface area contributed by atoms with Crippen molar-refractivity contribution in [2.75, 3.05) is 13.1 Å². The number of fused-ring (bicyclic) bond motifs is 2. The lowest BCUT2D eigenvalue weighted by molar-refractivity contribution is -0.129. The molecule has 1 aliphatic carbocycles. The van der Waals surface area contributed by atoms with Crippen LogP contribution in [0.1, 0.15) is 54.6 Å². The molecule has 1 saturated carbocycles. The van der Waals surface area contributed by atoms with Crippen molar-refractivity contribution >= 4 is 28.6 Å². The molecule has 0 unspecified atom stereocenters. The highest BCUT2D eigenvalue weighted by Gasteiger charge is 2.58. The van der Waals surface area contributed by atoms with E-state index in [1.807, 2.05) is 6.07 Å². The number of alkyl halides is 4. The Hall–Kier alpha value is -3.69. The number of likely N-dealkylation sites (tertiary alicyclic amines) is 1. The van der Waals surface area contributed by atoms with E-state index in [0.717, 1.165) is 23.1 Å². The summed E-state index contributed by atoms with van der Waals surface area (Å²) in [5, 5.41) is 14.6. The summed E-state index contributed by atoms with van der Waals surface area (Å²) in [6.07, 6.45) is -2.86. The van der Waals surface area contributed by atoms with E-state index in [1.54, 1.807) is 0 Å². The second kappa shape index (κ2) is 10.1. The Labute approximate surface area is 219 Å². The van der Waals surface area contributed by atoms with Gasteiger partial charge in [0.05, 0.1) is 11.6 Å². The number of carbonyl (C=O) groups is 3. The molecule has 8 nitrogen and oxygen atoms in total. The van der Waals surface area contributed by atoms with Gasteiger partial charge in [0, 0.05) is 42.8 Å². The van der Waals surface area contributed by atoms with Crippen LogP contribution in [-0.2, 0) is 9.59 Å². The first-order chi connectivity index (χ1) is 18.5. The molecular formula is C26H26F5N5O3. The zero-order valence-electron chi connectivity index (χ0n) is 20.7. The van der Waals surface area contributed by atoms with E-state index >= 15 is 0 Å². The Balaban J connectivity index is 1.42. The molecule has 1 aromatic heterocycles. The van der Waals surface area contributed by atoms with Gasteiger partial charge in [0.25, 0.3) is 12.3 Å². The molecule has 0 spiro atoms. The summed E-state index contributed by atoms with van der Waals surface area (Å²) in [6.45, 7) is 0.324. The van der Waals surface area contributed by atoms with E-state index in [2.05, 4.69) is 15.6 Å². The lowest BCUT2D eigenvalue weighted by Gasteiger charge is -2.29. The molecule has 2 aromatic rings. The zero-order valence-corrected chi connectivity index (χ0v) is 20.7. The highest BCUT2D eigenvalue weighted by molar-refractivity contribution is 6.01. The number of piperidine rings is 1. The average Bonchev–Trinajstić information content (AvgIpc) is 3.54. The molecule has 3 fully saturated rings. The summed E-state index contributed by atoms with van der Waals surface area (Å²) < 4.78 is 69.9. The number of carbonyl (C=O) groups excluding carboxylic acids is 3. The predicted molar refractivity (Wildman–Crippen MR) is 127 cm³/mol. The molecule has 5 atom stereocenters. The fourth-order valence-electron chi connectivity index (χ4n) is 6.25. The SMILES string of the molecule is N#C[C@H](C[C@@H]1CCCNC1=O)NC(=O)[C@H]1[C@@H]2CC(F)(F)C[C@@H]2CN1C(=O)c1cc2c(F)ccc(C(F)F)c2[nH]1. The van der Waals surface area contributed by atoms with E-state index < -0.39 is 78.2 Å². The molecule has 13 heteroatoms. The van der Waals surface area contributed by atoms with Gasteiger partial charge in [-0.25, -0.2) is 22.0 Å². The van der Waals surface area contributed by atoms with Crippen molar-refractivity contribution < 1.29 is 36.3 Å². The number of rotatable bonds is 6. The number of nitrogens with zero attached hydrogens (tertiary/aromatic N) is 2. The van der Waals surface area contributed by atoms with Gasteiger partial charge in [0.1, 0.15) is 23.6 Å². The van der Waals surface area contributed by atoms with Gasteiger partial charge in [0.2, 0.25) is 17.7 Å². The Morgan fingerprint density at radius 2 is 2.03 bits per heavy atom. The molecule has 3 aliphatic rings. The number of nitrogens with one attached hydrogen (secondary N) is 3. The molecule has 208 valence electrons. The minimum absolute atomic E-state index is 0.0245. The van der Waals surface area contributed by atoms with Gasteiger partial charge in [-0.2, -0.15) is 5.26 Å². The van der Waals surface area contributed by atoms with E-state index in [-0.39, 0.29) is 35.5 Å². The largest absolute Gasteiger partial charge is 0.356 e. The predicted octanol–water partition coefficient (Wildman–Crippen LogP) is 3.66. The molecule has 3 amide bonds.